The summed E-state index contributed by atoms with van der Waals surface area (Å²) in [5.74, 6) is -0.261. The molecule has 1 N–H and O–H groups in total. The van der Waals surface area contributed by atoms with Gasteiger partial charge in [0.15, 0.2) is 0 Å². The van der Waals surface area contributed by atoms with Crippen LogP contribution in [0.5, 0.6) is 0 Å². The predicted molar refractivity (Wildman–Crippen MR) is 132 cm³/mol. The monoisotopic (exact) mass is 497 g/mol. The number of hydrogen-bond donors (Lipinski definition) is 1. The molecule has 2 aliphatic heterocycles. The second-order valence-electron chi connectivity index (χ2n) is 8.91. The molecular formula is C25H24ClN3O4S. The van der Waals surface area contributed by atoms with E-state index in [9.17, 15) is 18.0 Å². The summed E-state index contributed by atoms with van der Waals surface area (Å²) in [6.07, 6.45) is 0.831. The van der Waals surface area contributed by atoms with Gasteiger partial charge in [-0.2, -0.15) is 4.31 Å². The summed E-state index contributed by atoms with van der Waals surface area (Å²) < 4.78 is 30.3. The summed E-state index contributed by atoms with van der Waals surface area (Å²) in [5.41, 5.74) is 3.24. The van der Waals surface area contributed by atoms with Gasteiger partial charge in [-0.1, -0.05) is 23.7 Å². The highest BCUT2D eigenvalue weighted by Crippen LogP contribution is 2.41. The van der Waals surface area contributed by atoms with Crippen LogP contribution in [0.2, 0.25) is 5.02 Å². The number of fused-ring (bicyclic) bond motifs is 4. The molecule has 5 rings (SSSR count). The quantitative estimate of drug-likeness (QED) is 0.591. The first-order chi connectivity index (χ1) is 16.2. The lowest BCUT2D eigenvalue weighted by Crippen LogP contribution is -2.49. The van der Waals surface area contributed by atoms with Crippen LogP contribution in [0.1, 0.15) is 25.0 Å². The van der Waals surface area contributed by atoms with Crippen LogP contribution >= 0.6 is 11.6 Å². The molecule has 7 nitrogen and oxygen atoms in total. The fourth-order valence-electron chi connectivity index (χ4n) is 5.10. The maximum Gasteiger partial charge on any atom is 0.250 e. The predicted octanol–water partition coefficient (Wildman–Crippen LogP) is 3.94. The Kier molecular flexibility index (Phi) is 5.83. The van der Waals surface area contributed by atoms with E-state index in [0.717, 1.165) is 23.2 Å². The maximum absolute atomic E-state index is 13.5. The van der Waals surface area contributed by atoms with Gasteiger partial charge in [-0.25, -0.2) is 8.42 Å². The van der Waals surface area contributed by atoms with Crippen LogP contribution < -0.4 is 10.9 Å². The molecule has 0 radical (unpaired) electrons. The number of nitrogens with zero attached hydrogens (tertiary/aromatic N) is 2. The van der Waals surface area contributed by atoms with Gasteiger partial charge >= 0.3 is 0 Å². The number of anilines is 1. The SMILES string of the molecule is CC(=O)Nc1ccc(S(=O)(=O)N2C[C@H]3C[C@H](C2)c2c(-c4ccc(Cl)cc4)ccc(=O)n2C3)cc1. The Balaban J connectivity index is 1.49. The van der Waals surface area contributed by atoms with Crippen molar-refractivity contribution >= 4 is 33.2 Å². The zero-order valence-electron chi connectivity index (χ0n) is 18.6. The topological polar surface area (TPSA) is 88.5 Å². The Morgan fingerprint density at radius 2 is 1.68 bits per heavy atom. The number of carbonyl (C=O) groups excluding carboxylic acids is 1. The molecule has 9 heteroatoms. The minimum Gasteiger partial charge on any atom is -0.326 e. The van der Waals surface area contributed by atoms with Gasteiger partial charge in [-0.05, 0) is 60.4 Å². The number of carbonyl (C=O) groups is 1. The molecule has 3 aromatic rings. The first-order valence-corrected chi connectivity index (χ1v) is 12.9. The third kappa shape index (κ3) is 4.17. The van der Waals surface area contributed by atoms with Crippen LogP contribution in [0.4, 0.5) is 5.69 Å². The van der Waals surface area contributed by atoms with Crippen molar-refractivity contribution in [1.82, 2.24) is 8.87 Å². The molecule has 3 heterocycles. The maximum atomic E-state index is 13.5. The van der Waals surface area contributed by atoms with Crippen molar-refractivity contribution < 1.29 is 13.2 Å². The lowest BCUT2D eigenvalue weighted by Gasteiger charge is -2.42. The fourth-order valence-corrected chi connectivity index (χ4v) is 6.79. The van der Waals surface area contributed by atoms with Crippen LogP contribution in [-0.2, 0) is 21.4 Å². The molecule has 2 atom stereocenters. The third-order valence-corrected chi connectivity index (χ3v) is 8.62. The average Bonchev–Trinajstić information content (AvgIpc) is 2.80. The molecular weight excluding hydrogens is 474 g/mol. The molecule has 2 aromatic carbocycles. The summed E-state index contributed by atoms with van der Waals surface area (Å²) in [6.45, 7) is 2.55. The Labute approximate surface area is 203 Å². The number of rotatable bonds is 4. The van der Waals surface area contributed by atoms with Crippen LogP contribution in [0.15, 0.2) is 70.4 Å². The van der Waals surface area contributed by atoms with E-state index in [4.69, 9.17) is 11.6 Å². The van der Waals surface area contributed by atoms with E-state index in [1.165, 1.54) is 23.4 Å². The van der Waals surface area contributed by atoms with Gasteiger partial charge in [0, 0.05) is 60.5 Å². The van der Waals surface area contributed by atoms with Gasteiger partial charge in [-0.3, -0.25) is 9.59 Å². The smallest absolute Gasteiger partial charge is 0.250 e. The van der Waals surface area contributed by atoms with Crippen molar-refractivity contribution in [2.24, 2.45) is 5.92 Å². The largest absolute Gasteiger partial charge is 0.326 e. The second kappa shape index (κ2) is 8.69. The van der Waals surface area contributed by atoms with E-state index in [0.29, 0.717) is 30.3 Å². The van der Waals surface area contributed by atoms with Gasteiger partial charge in [0.05, 0.1) is 4.90 Å². The summed E-state index contributed by atoms with van der Waals surface area (Å²) in [4.78, 5) is 24.2. The minimum absolute atomic E-state index is 0.0536. The van der Waals surface area contributed by atoms with Crippen molar-refractivity contribution in [1.29, 1.82) is 0 Å². The Hall–Kier alpha value is -2.94. The molecule has 2 bridgehead atoms. The number of hydrogen-bond acceptors (Lipinski definition) is 4. The van der Waals surface area contributed by atoms with Crippen LogP contribution in [0.3, 0.4) is 0 Å². The Morgan fingerprint density at radius 1 is 0.971 bits per heavy atom. The molecule has 2 aliphatic rings. The zero-order chi connectivity index (χ0) is 24.0. The van der Waals surface area contributed by atoms with Crippen molar-refractivity contribution in [2.45, 2.75) is 30.7 Å². The molecule has 0 spiro atoms. The molecule has 0 saturated carbocycles. The first kappa shape index (κ1) is 22.8. The van der Waals surface area contributed by atoms with E-state index in [-0.39, 0.29) is 28.2 Å². The van der Waals surface area contributed by atoms with E-state index in [1.54, 1.807) is 18.2 Å². The number of pyridine rings is 1. The zero-order valence-corrected chi connectivity index (χ0v) is 20.1. The normalized spacial score (nSPS) is 19.9. The number of benzene rings is 2. The summed E-state index contributed by atoms with van der Waals surface area (Å²) >= 11 is 6.06. The van der Waals surface area contributed by atoms with Gasteiger partial charge in [0.25, 0.3) is 5.56 Å². The first-order valence-electron chi connectivity index (χ1n) is 11.1. The van der Waals surface area contributed by atoms with Crippen molar-refractivity contribution in [3.8, 4) is 11.1 Å². The molecule has 176 valence electrons. The molecule has 0 aliphatic carbocycles. The van der Waals surface area contributed by atoms with E-state index in [1.807, 2.05) is 34.9 Å². The number of piperidine rings is 1. The number of amides is 1. The highest BCUT2D eigenvalue weighted by Gasteiger charge is 2.40. The molecule has 1 aromatic heterocycles. The summed E-state index contributed by atoms with van der Waals surface area (Å²) in [6, 6.07) is 17.1. The van der Waals surface area contributed by atoms with Crippen LogP contribution in [0, 0.1) is 5.92 Å². The van der Waals surface area contributed by atoms with Crippen LogP contribution in [-0.4, -0.2) is 36.3 Å². The second-order valence-corrected chi connectivity index (χ2v) is 11.3. The number of nitrogens with one attached hydrogen (secondary N) is 1. The lowest BCUT2D eigenvalue weighted by atomic mass is 9.81. The Bertz CT molecular complexity index is 1420. The molecule has 1 fully saturated rings. The highest BCUT2D eigenvalue weighted by atomic mass is 35.5. The molecule has 34 heavy (non-hydrogen) atoms. The van der Waals surface area contributed by atoms with Gasteiger partial charge in [0.1, 0.15) is 0 Å². The molecule has 1 saturated heterocycles. The third-order valence-electron chi connectivity index (χ3n) is 6.52. The van der Waals surface area contributed by atoms with Crippen molar-refractivity contribution in [3.63, 3.8) is 0 Å². The average molecular weight is 498 g/mol. The number of sulfonamides is 1. The lowest BCUT2D eigenvalue weighted by molar-refractivity contribution is -0.114. The van der Waals surface area contributed by atoms with E-state index < -0.39 is 10.0 Å². The van der Waals surface area contributed by atoms with E-state index in [2.05, 4.69) is 5.32 Å². The minimum atomic E-state index is -3.73. The van der Waals surface area contributed by atoms with Gasteiger partial charge < -0.3 is 9.88 Å². The van der Waals surface area contributed by atoms with Gasteiger partial charge in [0.2, 0.25) is 15.9 Å². The standard InChI is InChI=1S/C25H24ClN3O4S/c1-16(30)27-21-6-8-22(9-7-21)34(32,33)28-13-17-12-19(15-28)25-23(10-11-24(31)29(25)14-17)18-2-4-20(26)5-3-18/h2-11,17,19H,12-15H2,1H3,(H,27,30)/t17-,19-/m1/s1. The van der Waals surface area contributed by atoms with Crippen molar-refractivity contribution in [2.75, 3.05) is 18.4 Å². The number of aromatic nitrogens is 1. The Morgan fingerprint density at radius 3 is 2.35 bits per heavy atom. The highest BCUT2D eigenvalue weighted by molar-refractivity contribution is 7.89. The van der Waals surface area contributed by atoms with Crippen LogP contribution in [0.25, 0.3) is 11.1 Å². The number of halogens is 1. The summed E-state index contributed by atoms with van der Waals surface area (Å²) in [5, 5.41) is 3.28. The summed E-state index contributed by atoms with van der Waals surface area (Å²) in [7, 11) is -3.73. The van der Waals surface area contributed by atoms with Crippen molar-refractivity contribution in [3.05, 3.63) is 81.7 Å². The van der Waals surface area contributed by atoms with Gasteiger partial charge in [-0.15, -0.1) is 0 Å². The molecule has 0 unspecified atom stereocenters. The fraction of sp³-hybridized carbons (Fsp3) is 0.280. The molecule has 1 amide bonds. The van der Waals surface area contributed by atoms with E-state index >= 15 is 0 Å².